The van der Waals surface area contributed by atoms with Gasteiger partial charge in [-0.05, 0) is 19.9 Å². The second kappa shape index (κ2) is 2.67. The molecule has 0 saturated carbocycles. The SMILES string of the molecule is CNC1CNC(C)C1C. The highest BCUT2D eigenvalue weighted by atomic mass is 15.0. The predicted octanol–water partition coefficient (Wildman–Crippen LogP) is 0.202. The van der Waals surface area contributed by atoms with Crippen molar-refractivity contribution in [2.45, 2.75) is 25.9 Å². The molecule has 2 nitrogen and oxygen atoms in total. The van der Waals surface area contributed by atoms with Crippen LogP contribution in [0.4, 0.5) is 0 Å². The minimum atomic E-state index is 0.681. The van der Waals surface area contributed by atoms with E-state index in [9.17, 15) is 0 Å². The molecule has 9 heavy (non-hydrogen) atoms. The summed E-state index contributed by atoms with van der Waals surface area (Å²) in [7, 11) is 2.03. The van der Waals surface area contributed by atoms with Gasteiger partial charge in [0.1, 0.15) is 0 Å². The lowest BCUT2D eigenvalue weighted by atomic mass is 10.0. The molecule has 1 rings (SSSR count). The fraction of sp³-hybridized carbons (Fsp3) is 1.00. The Bertz CT molecular complexity index is 92.9. The quantitative estimate of drug-likeness (QED) is 0.527. The third-order valence-corrected chi connectivity index (χ3v) is 2.45. The minimum Gasteiger partial charge on any atom is -0.315 e. The van der Waals surface area contributed by atoms with Crippen molar-refractivity contribution in [1.29, 1.82) is 0 Å². The normalized spacial score (nSPS) is 43.7. The first-order valence-electron chi connectivity index (χ1n) is 3.66. The molecule has 0 spiro atoms. The highest BCUT2D eigenvalue weighted by molar-refractivity contribution is 4.88. The first-order valence-corrected chi connectivity index (χ1v) is 3.66. The molecule has 0 amide bonds. The van der Waals surface area contributed by atoms with Crippen molar-refractivity contribution in [3.8, 4) is 0 Å². The second-order valence-corrected chi connectivity index (χ2v) is 2.95. The van der Waals surface area contributed by atoms with Gasteiger partial charge in [-0.25, -0.2) is 0 Å². The molecule has 1 saturated heterocycles. The molecule has 1 aliphatic heterocycles. The van der Waals surface area contributed by atoms with E-state index in [1.54, 1.807) is 0 Å². The Morgan fingerprint density at radius 3 is 2.33 bits per heavy atom. The molecule has 54 valence electrons. The van der Waals surface area contributed by atoms with Crippen LogP contribution in [0.3, 0.4) is 0 Å². The second-order valence-electron chi connectivity index (χ2n) is 2.95. The molecule has 1 aliphatic rings. The molecule has 2 N–H and O–H groups in total. The van der Waals surface area contributed by atoms with Gasteiger partial charge in [-0.15, -0.1) is 0 Å². The van der Waals surface area contributed by atoms with Gasteiger partial charge in [-0.1, -0.05) is 6.92 Å². The van der Waals surface area contributed by atoms with Gasteiger partial charge < -0.3 is 10.6 Å². The molecule has 1 heterocycles. The van der Waals surface area contributed by atoms with Gasteiger partial charge in [-0.2, -0.15) is 0 Å². The van der Waals surface area contributed by atoms with Crippen LogP contribution < -0.4 is 10.6 Å². The van der Waals surface area contributed by atoms with Crippen molar-refractivity contribution in [1.82, 2.24) is 10.6 Å². The Morgan fingerprint density at radius 1 is 1.44 bits per heavy atom. The maximum absolute atomic E-state index is 3.41. The minimum absolute atomic E-state index is 0.681. The lowest BCUT2D eigenvalue weighted by Gasteiger charge is -2.14. The average Bonchev–Trinajstić information content (AvgIpc) is 2.15. The standard InChI is InChI=1S/C7H16N2/c1-5-6(2)9-4-7(5)8-3/h5-9H,4H2,1-3H3. The fourth-order valence-corrected chi connectivity index (χ4v) is 1.40. The van der Waals surface area contributed by atoms with Gasteiger partial charge in [0.15, 0.2) is 0 Å². The molecular weight excluding hydrogens is 112 g/mol. The van der Waals surface area contributed by atoms with Crippen molar-refractivity contribution in [3.05, 3.63) is 0 Å². The van der Waals surface area contributed by atoms with Gasteiger partial charge in [-0.3, -0.25) is 0 Å². The van der Waals surface area contributed by atoms with Crippen LogP contribution in [0.15, 0.2) is 0 Å². The van der Waals surface area contributed by atoms with Crippen LogP contribution in [0.2, 0.25) is 0 Å². The maximum Gasteiger partial charge on any atom is 0.0229 e. The van der Waals surface area contributed by atoms with Crippen molar-refractivity contribution in [2.75, 3.05) is 13.6 Å². The Hall–Kier alpha value is -0.0800. The summed E-state index contributed by atoms with van der Waals surface area (Å²) in [6.07, 6.45) is 0. The van der Waals surface area contributed by atoms with Crippen LogP contribution in [0.1, 0.15) is 13.8 Å². The van der Waals surface area contributed by atoms with Crippen molar-refractivity contribution >= 4 is 0 Å². The van der Waals surface area contributed by atoms with E-state index in [0.717, 1.165) is 12.5 Å². The number of likely N-dealkylation sites (N-methyl/N-ethyl adjacent to an activating group) is 1. The van der Waals surface area contributed by atoms with E-state index in [1.165, 1.54) is 0 Å². The van der Waals surface area contributed by atoms with E-state index in [1.807, 2.05) is 7.05 Å². The summed E-state index contributed by atoms with van der Waals surface area (Å²) in [5, 5.41) is 6.69. The van der Waals surface area contributed by atoms with Gasteiger partial charge in [0, 0.05) is 18.6 Å². The van der Waals surface area contributed by atoms with E-state index in [-0.39, 0.29) is 0 Å². The largest absolute Gasteiger partial charge is 0.315 e. The molecule has 3 unspecified atom stereocenters. The lowest BCUT2D eigenvalue weighted by Crippen LogP contribution is -2.32. The summed E-state index contributed by atoms with van der Waals surface area (Å²) >= 11 is 0. The Balaban J connectivity index is 2.41. The van der Waals surface area contributed by atoms with Crippen LogP contribution in [0.25, 0.3) is 0 Å². The average molecular weight is 128 g/mol. The summed E-state index contributed by atoms with van der Waals surface area (Å²) in [4.78, 5) is 0. The molecule has 0 aliphatic carbocycles. The number of rotatable bonds is 1. The molecular formula is C7H16N2. The first kappa shape index (κ1) is 7.03. The summed E-state index contributed by atoms with van der Waals surface area (Å²) in [5.41, 5.74) is 0. The molecule has 2 heteroatoms. The van der Waals surface area contributed by atoms with Gasteiger partial charge >= 0.3 is 0 Å². The zero-order chi connectivity index (χ0) is 6.85. The number of nitrogens with one attached hydrogen (secondary N) is 2. The van der Waals surface area contributed by atoms with E-state index >= 15 is 0 Å². The molecule has 0 aromatic heterocycles. The molecule has 3 atom stereocenters. The highest BCUT2D eigenvalue weighted by Gasteiger charge is 2.27. The summed E-state index contributed by atoms with van der Waals surface area (Å²) in [5.74, 6) is 0.773. The highest BCUT2D eigenvalue weighted by Crippen LogP contribution is 2.13. The molecule has 0 radical (unpaired) electrons. The zero-order valence-electron chi connectivity index (χ0n) is 6.44. The monoisotopic (exact) mass is 128 g/mol. The van der Waals surface area contributed by atoms with Crippen LogP contribution in [-0.2, 0) is 0 Å². The van der Waals surface area contributed by atoms with Crippen LogP contribution in [-0.4, -0.2) is 25.7 Å². The van der Waals surface area contributed by atoms with Crippen LogP contribution >= 0.6 is 0 Å². The number of hydrogen-bond acceptors (Lipinski definition) is 2. The molecule has 0 aromatic rings. The van der Waals surface area contributed by atoms with Crippen LogP contribution in [0.5, 0.6) is 0 Å². The van der Waals surface area contributed by atoms with Gasteiger partial charge in [0.05, 0.1) is 0 Å². The fourth-order valence-electron chi connectivity index (χ4n) is 1.40. The van der Waals surface area contributed by atoms with E-state index < -0.39 is 0 Å². The molecule has 0 bridgehead atoms. The smallest absolute Gasteiger partial charge is 0.0229 e. The first-order chi connectivity index (χ1) is 4.25. The van der Waals surface area contributed by atoms with Crippen LogP contribution in [0, 0.1) is 5.92 Å². The molecule has 1 fully saturated rings. The lowest BCUT2D eigenvalue weighted by molar-refractivity contribution is 0.439. The van der Waals surface area contributed by atoms with Crippen molar-refractivity contribution in [3.63, 3.8) is 0 Å². The maximum atomic E-state index is 3.41. The van der Waals surface area contributed by atoms with Crippen molar-refractivity contribution < 1.29 is 0 Å². The van der Waals surface area contributed by atoms with E-state index in [2.05, 4.69) is 24.5 Å². The van der Waals surface area contributed by atoms with Gasteiger partial charge in [0.25, 0.3) is 0 Å². The van der Waals surface area contributed by atoms with Crippen molar-refractivity contribution in [2.24, 2.45) is 5.92 Å². The zero-order valence-corrected chi connectivity index (χ0v) is 6.44. The molecule has 0 aromatic carbocycles. The predicted molar refractivity (Wildman–Crippen MR) is 39.5 cm³/mol. The van der Waals surface area contributed by atoms with Gasteiger partial charge in [0.2, 0.25) is 0 Å². The summed E-state index contributed by atoms with van der Waals surface area (Å²) in [6.45, 7) is 5.65. The Kier molecular flexibility index (Phi) is 2.09. The number of hydrogen-bond donors (Lipinski definition) is 2. The third-order valence-electron chi connectivity index (χ3n) is 2.45. The Morgan fingerprint density at radius 2 is 2.11 bits per heavy atom. The summed E-state index contributed by atoms with van der Waals surface area (Å²) in [6, 6.07) is 1.36. The topological polar surface area (TPSA) is 24.1 Å². The summed E-state index contributed by atoms with van der Waals surface area (Å²) < 4.78 is 0. The third kappa shape index (κ3) is 1.25. The van der Waals surface area contributed by atoms with E-state index in [0.29, 0.717) is 12.1 Å². The Labute approximate surface area is 57.0 Å². The van der Waals surface area contributed by atoms with E-state index in [4.69, 9.17) is 0 Å².